The van der Waals surface area contributed by atoms with E-state index in [9.17, 15) is 9.59 Å². The molecule has 0 aliphatic heterocycles. The van der Waals surface area contributed by atoms with Gasteiger partial charge in [0.05, 0.1) is 10.9 Å². The number of carbonyl (C=O) groups is 1. The molecular formula is C12H9NO4. The predicted molar refractivity (Wildman–Crippen MR) is 63.6 cm³/mol. The van der Waals surface area contributed by atoms with Crippen molar-refractivity contribution in [3.8, 4) is 0 Å². The Morgan fingerprint density at radius 3 is 2.76 bits per heavy atom. The second kappa shape index (κ2) is 4.13. The lowest BCUT2D eigenvalue weighted by Gasteiger charge is -2.01. The van der Waals surface area contributed by atoms with E-state index < -0.39 is 5.97 Å². The molecule has 17 heavy (non-hydrogen) atoms. The zero-order valence-electron chi connectivity index (χ0n) is 8.71. The van der Waals surface area contributed by atoms with Crippen molar-refractivity contribution in [2.45, 2.75) is 0 Å². The highest BCUT2D eigenvalue weighted by molar-refractivity contribution is 5.88. The molecule has 0 saturated carbocycles. The Bertz CT molecular complexity index is 670. The molecule has 2 aromatic rings. The summed E-state index contributed by atoms with van der Waals surface area (Å²) in [5.41, 5.74) is 5.64. The van der Waals surface area contributed by atoms with Gasteiger partial charge in [-0.1, -0.05) is 12.1 Å². The van der Waals surface area contributed by atoms with Crippen LogP contribution in [0.25, 0.3) is 17.0 Å². The van der Waals surface area contributed by atoms with Crippen molar-refractivity contribution < 1.29 is 14.3 Å². The topological polar surface area (TPSA) is 93.5 Å². The van der Waals surface area contributed by atoms with Crippen LogP contribution in [0.15, 0.2) is 39.6 Å². The van der Waals surface area contributed by atoms with Crippen LogP contribution in [0.5, 0.6) is 0 Å². The number of carboxylic acids is 1. The summed E-state index contributed by atoms with van der Waals surface area (Å²) in [6, 6.07) is 6.63. The van der Waals surface area contributed by atoms with E-state index in [4.69, 9.17) is 15.3 Å². The summed E-state index contributed by atoms with van der Waals surface area (Å²) in [6.45, 7) is 0. The summed E-state index contributed by atoms with van der Waals surface area (Å²) < 4.78 is 5.24. The number of nitrogens with two attached hydrogens (primary N) is 1. The number of para-hydroxylation sites is 1. The molecule has 0 amide bonds. The number of nitrogen functional groups attached to an aromatic ring is 1. The molecule has 5 heteroatoms. The second-order valence-corrected chi connectivity index (χ2v) is 3.38. The average molecular weight is 231 g/mol. The Balaban J connectivity index is 2.72. The van der Waals surface area contributed by atoms with Gasteiger partial charge < -0.3 is 15.3 Å². The molecule has 0 bridgehead atoms. The standard InChI is InChI=1S/C12H9NO4/c13-12-8(5-6-10(14)15)11(16)7-3-1-2-4-9(7)17-12/h1-6H,13H2,(H,14,15)/b6-5+. The quantitative estimate of drug-likeness (QED) is 0.763. The monoisotopic (exact) mass is 231 g/mol. The van der Waals surface area contributed by atoms with Crippen LogP contribution in [0.3, 0.4) is 0 Å². The van der Waals surface area contributed by atoms with Gasteiger partial charge in [-0.25, -0.2) is 4.79 Å². The number of benzene rings is 1. The number of rotatable bonds is 2. The third kappa shape index (κ3) is 2.03. The van der Waals surface area contributed by atoms with E-state index in [0.717, 1.165) is 12.2 Å². The van der Waals surface area contributed by atoms with Gasteiger partial charge in [0.25, 0.3) is 0 Å². The fourth-order valence-corrected chi connectivity index (χ4v) is 1.49. The van der Waals surface area contributed by atoms with Gasteiger partial charge in [0.2, 0.25) is 11.3 Å². The molecule has 1 heterocycles. The molecule has 0 radical (unpaired) electrons. The number of aliphatic carboxylic acids is 1. The van der Waals surface area contributed by atoms with Gasteiger partial charge in [-0.3, -0.25) is 4.79 Å². The van der Waals surface area contributed by atoms with E-state index >= 15 is 0 Å². The van der Waals surface area contributed by atoms with Crippen molar-refractivity contribution in [1.29, 1.82) is 0 Å². The maximum absolute atomic E-state index is 12.0. The van der Waals surface area contributed by atoms with E-state index in [-0.39, 0.29) is 16.9 Å². The third-order valence-corrected chi connectivity index (χ3v) is 2.25. The van der Waals surface area contributed by atoms with Gasteiger partial charge >= 0.3 is 5.97 Å². The van der Waals surface area contributed by atoms with Crippen molar-refractivity contribution in [1.82, 2.24) is 0 Å². The molecule has 1 aromatic heterocycles. The van der Waals surface area contributed by atoms with E-state index in [1.54, 1.807) is 24.3 Å². The molecule has 0 aliphatic rings. The lowest BCUT2D eigenvalue weighted by molar-refractivity contribution is -0.131. The van der Waals surface area contributed by atoms with E-state index in [2.05, 4.69) is 0 Å². The van der Waals surface area contributed by atoms with Gasteiger partial charge in [0, 0.05) is 6.08 Å². The molecule has 3 N–H and O–H groups in total. The Morgan fingerprint density at radius 1 is 1.35 bits per heavy atom. The molecule has 0 atom stereocenters. The second-order valence-electron chi connectivity index (χ2n) is 3.38. The number of hydrogen-bond donors (Lipinski definition) is 2. The lowest BCUT2D eigenvalue weighted by Crippen LogP contribution is -2.09. The Labute approximate surface area is 95.8 Å². The fourth-order valence-electron chi connectivity index (χ4n) is 1.49. The van der Waals surface area contributed by atoms with Gasteiger partial charge in [-0.05, 0) is 18.2 Å². The zero-order valence-corrected chi connectivity index (χ0v) is 8.71. The van der Waals surface area contributed by atoms with Crippen LogP contribution in [0, 0.1) is 0 Å². The highest BCUT2D eigenvalue weighted by Gasteiger charge is 2.09. The van der Waals surface area contributed by atoms with Gasteiger partial charge in [0.1, 0.15) is 5.58 Å². The number of fused-ring (bicyclic) bond motifs is 1. The van der Waals surface area contributed by atoms with Crippen LogP contribution in [-0.4, -0.2) is 11.1 Å². The minimum absolute atomic E-state index is 0.0473. The molecule has 1 aromatic carbocycles. The molecular weight excluding hydrogens is 222 g/mol. The van der Waals surface area contributed by atoms with Crippen LogP contribution in [0.1, 0.15) is 5.56 Å². The minimum Gasteiger partial charge on any atom is -0.478 e. The first-order chi connectivity index (χ1) is 8.09. The zero-order chi connectivity index (χ0) is 12.4. The van der Waals surface area contributed by atoms with Crippen LogP contribution in [-0.2, 0) is 4.79 Å². The summed E-state index contributed by atoms with van der Waals surface area (Å²) in [6.07, 6.45) is 1.98. The number of carboxylic acid groups (broad SMARTS) is 1. The summed E-state index contributed by atoms with van der Waals surface area (Å²) in [5.74, 6) is -1.25. The molecule has 86 valence electrons. The van der Waals surface area contributed by atoms with Crippen molar-refractivity contribution in [2.24, 2.45) is 0 Å². The lowest BCUT2D eigenvalue weighted by atomic mass is 10.1. The maximum atomic E-state index is 12.0. The van der Waals surface area contributed by atoms with E-state index in [0.29, 0.717) is 11.0 Å². The van der Waals surface area contributed by atoms with Crippen LogP contribution >= 0.6 is 0 Å². The van der Waals surface area contributed by atoms with Crippen molar-refractivity contribution >= 4 is 28.9 Å². The Kier molecular flexibility index (Phi) is 2.66. The van der Waals surface area contributed by atoms with Crippen LogP contribution in [0.2, 0.25) is 0 Å². The van der Waals surface area contributed by atoms with Crippen LogP contribution in [0.4, 0.5) is 5.88 Å². The molecule has 0 spiro atoms. The summed E-state index contributed by atoms with van der Waals surface area (Å²) in [7, 11) is 0. The predicted octanol–water partition coefficient (Wildman–Crippen LogP) is 1.47. The smallest absolute Gasteiger partial charge is 0.328 e. The molecule has 5 nitrogen and oxygen atoms in total. The summed E-state index contributed by atoms with van der Waals surface area (Å²) in [4.78, 5) is 22.4. The molecule has 2 rings (SSSR count). The third-order valence-electron chi connectivity index (χ3n) is 2.25. The molecule has 0 aliphatic carbocycles. The molecule has 0 fully saturated rings. The summed E-state index contributed by atoms with van der Waals surface area (Å²) in [5, 5.41) is 8.88. The normalized spacial score (nSPS) is 11.1. The molecule has 0 unspecified atom stereocenters. The van der Waals surface area contributed by atoms with Crippen molar-refractivity contribution in [3.63, 3.8) is 0 Å². The SMILES string of the molecule is Nc1oc2ccccc2c(=O)c1/C=C/C(=O)O. The number of anilines is 1. The highest BCUT2D eigenvalue weighted by Crippen LogP contribution is 2.17. The first kappa shape index (κ1) is 10.9. The van der Waals surface area contributed by atoms with E-state index in [1.807, 2.05) is 0 Å². The fraction of sp³-hybridized carbons (Fsp3) is 0. The maximum Gasteiger partial charge on any atom is 0.328 e. The largest absolute Gasteiger partial charge is 0.478 e. The number of hydrogen-bond acceptors (Lipinski definition) is 4. The van der Waals surface area contributed by atoms with Crippen molar-refractivity contribution in [2.75, 3.05) is 5.73 Å². The van der Waals surface area contributed by atoms with Gasteiger partial charge in [0.15, 0.2) is 0 Å². The van der Waals surface area contributed by atoms with Crippen LogP contribution < -0.4 is 11.2 Å². The Hall–Kier alpha value is -2.56. The summed E-state index contributed by atoms with van der Waals surface area (Å²) >= 11 is 0. The van der Waals surface area contributed by atoms with E-state index in [1.165, 1.54) is 0 Å². The minimum atomic E-state index is -1.16. The first-order valence-corrected chi connectivity index (χ1v) is 4.82. The highest BCUT2D eigenvalue weighted by atomic mass is 16.4. The average Bonchev–Trinajstić information content (AvgIpc) is 2.28. The van der Waals surface area contributed by atoms with Gasteiger partial charge in [-0.2, -0.15) is 0 Å². The van der Waals surface area contributed by atoms with Gasteiger partial charge in [-0.15, -0.1) is 0 Å². The first-order valence-electron chi connectivity index (χ1n) is 4.82. The van der Waals surface area contributed by atoms with Crippen molar-refractivity contribution in [3.05, 3.63) is 46.1 Å². The Morgan fingerprint density at radius 2 is 2.06 bits per heavy atom. The molecule has 0 saturated heterocycles.